The molecule has 0 spiro atoms. The van der Waals surface area contributed by atoms with E-state index in [1.54, 1.807) is 12.4 Å². The molecule has 8 aromatic rings. The van der Waals surface area contributed by atoms with Gasteiger partial charge in [-0.3, -0.25) is 4.57 Å². The maximum Gasteiger partial charge on any atom is 0.198 e. The van der Waals surface area contributed by atoms with Crippen LogP contribution in [0.1, 0.15) is 56.2 Å². The second-order valence-corrected chi connectivity index (χ2v) is 13.0. The number of fused-ring (bicyclic) bond motifs is 4. The van der Waals surface area contributed by atoms with Gasteiger partial charge in [0, 0.05) is 23.2 Å². The Kier molecular flexibility index (Phi) is 6.98. The third-order valence-electron chi connectivity index (χ3n) is 9.16. The molecule has 0 aliphatic carbocycles. The third-order valence-corrected chi connectivity index (χ3v) is 9.16. The molecule has 3 aromatic heterocycles. The van der Waals surface area contributed by atoms with Gasteiger partial charge in [0.05, 0.1) is 11.3 Å². The van der Waals surface area contributed by atoms with Crippen LogP contribution in [0, 0.1) is 6.92 Å². The largest absolute Gasteiger partial charge is 0.455 e. The van der Waals surface area contributed by atoms with Crippen LogP contribution >= 0.6 is 0 Å². The molecule has 0 saturated heterocycles. The van der Waals surface area contributed by atoms with Gasteiger partial charge in [0.2, 0.25) is 0 Å². The van der Waals surface area contributed by atoms with Gasteiger partial charge in [0.25, 0.3) is 0 Å². The van der Waals surface area contributed by atoms with Crippen molar-refractivity contribution in [2.24, 2.45) is 0 Å². The van der Waals surface area contributed by atoms with E-state index in [-0.39, 0.29) is 11.8 Å². The van der Waals surface area contributed by atoms with Crippen molar-refractivity contribution in [2.45, 2.75) is 46.5 Å². The summed E-state index contributed by atoms with van der Waals surface area (Å²) >= 11 is 0. The average molecular weight is 613 g/mol. The highest BCUT2D eigenvalue weighted by molar-refractivity contribution is 6.10. The molecule has 0 N–H and O–H groups in total. The first-order chi connectivity index (χ1) is 22.9. The Morgan fingerprint density at radius 2 is 1.30 bits per heavy atom. The summed E-state index contributed by atoms with van der Waals surface area (Å²) in [6.07, 6.45) is 3.46. The molecule has 3 heterocycles. The number of aromatic nitrogens is 4. The van der Waals surface area contributed by atoms with E-state index in [0.717, 1.165) is 50.2 Å². The molecule has 5 nitrogen and oxygen atoms in total. The Labute approximate surface area is 274 Å². The number of hydrogen-bond acceptors (Lipinski definition) is 4. The van der Waals surface area contributed by atoms with E-state index in [1.807, 2.05) is 0 Å². The number of para-hydroxylation sites is 1. The SMILES string of the molecule is Cc1ccc(-c2ccc3c(c2)oc2c(-c4nc5nccnc5n4-c4c(C(C)C)cc(-c5ccccc5)cc4C(C)C)cccc23)cc1. The Balaban J connectivity index is 1.40. The Morgan fingerprint density at radius 3 is 2.02 bits per heavy atom. The van der Waals surface area contributed by atoms with Gasteiger partial charge in [-0.25, -0.2) is 15.0 Å². The number of nitrogens with zero attached hydrogens (tertiary/aromatic N) is 4. The van der Waals surface area contributed by atoms with Crippen LogP contribution in [-0.2, 0) is 0 Å². The van der Waals surface area contributed by atoms with Gasteiger partial charge < -0.3 is 4.42 Å². The zero-order chi connectivity index (χ0) is 32.2. The normalized spacial score (nSPS) is 11.9. The molecule has 0 bridgehead atoms. The van der Waals surface area contributed by atoms with Crippen LogP contribution in [0.25, 0.3) is 72.6 Å². The van der Waals surface area contributed by atoms with E-state index in [2.05, 4.69) is 147 Å². The second kappa shape index (κ2) is 11.4. The number of aryl methyl sites for hydroxylation is 1. The molecule has 0 unspecified atom stereocenters. The molecular formula is C42H36N4O. The molecule has 0 amide bonds. The standard InChI is InChI=1S/C42H36N4O/c1-25(2)35-22-31(28-10-7-6-8-11-28)23-36(26(3)4)38(35)46-41(45-40-42(46)44-21-20-43-40)34-13-9-12-33-32-19-18-30(24-37(32)47-39(33)34)29-16-14-27(5)15-17-29/h6-26H,1-5H3. The molecule has 47 heavy (non-hydrogen) atoms. The molecule has 230 valence electrons. The summed E-state index contributed by atoms with van der Waals surface area (Å²) in [6.45, 7) is 11.1. The summed E-state index contributed by atoms with van der Waals surface area (Å²) in [7, 11) is 0. The number of furan rings is 1. The fourth-order valence-electron chi connectivity index (χ4n) is 6.72. The van der Waals surface area contributed by atoms with Crippen molar-refractivity contribution in [3.8, 4) is 39.3 Å². The van der Waals surface area contributed by atoms with Crippen LogP contribution < -0.4 is 0 Å². The molecule has 5 aromatic carbocycles. The molecule has 5 heteroatoms. The minimum Gasteiger partial charge on any atom is -0.455 e. The van der Waals surface area contributed by atoms with Crippen LogP contribution in [-0.4, -0.2) is 19.5 Å². The van der Waals surface area contributed by atoms with E-state index in [9.17, 15) is 0 Å². The lowest BCUT2D eigenvalue weighted by molar-refractivity contribution is 0.669. The first-order valence-electron chi connectivity index (χ1n) is 16.3. The summed E-state index contributed by atoms with van der Waals surface area (Å²) in [4.78, 5) is 14.7. The second-order valence-electron chi connectivity index (χ2n) is 13.0. The number of rotatable bonds is 6. The summed E-state index contributed by atoms with van der Waals surface area (Å²) in [6, 6.07) is 36.7. The van der Waals surface area contributed by atoms with E-state index < -0.39 is 0 Å². The van der Waals surface area contributed by atoms with Crippen LogP contribution in [0.5, 0.6) is 0 Å². The van der Waals surface area contributed by atoms with Gasteiger partial charge in [-0.2, -0.15) is 0 Å². The van der Waals surface area contributed by atoms with Gasteiger partial charge in [-0.05, 0) is 82.5 Å². The monoisotopic (exact) mass is 612 g/mol. The number of imidazole rings is 1. The van der Waals surface area contributed by atoms with Gasteiger partial charge in [-0.15, -0.1) is 0 Å². The average Bonchev–Trinajstić information content (AvgIpc) is 3.66. The Hall–Kier alpha value is -5.55. The van der Waals surface area contributed by atoms with Crippen LogP contribution in [0.15, 0.2) is 120 Å². The Bertz CT molecular complexity index is 2390. The Morgan fingerprint density at radius 1 is 0.617 bits per heavy atom. The van der Waals surface area contributed by atoms with Crippen molar-refractivity contribution in [2.75, 3.05) is 0 Å². The molecule has 0 aliphatic rings. The smallest absolute Gasteiger partial charge is 0.198 e. The van der Waals surface area contributed by atoms with Crippen molar-refractivity contribution in [3.05, 3.63) is 132 Å². The first-order valence-corrected chi connectivity index (χ1v) is 16.3. The lowest BCUT2D eigenvalue weighted by Gasteiger charge is -2.24. The molecule has 8 rings (SSSR count). The van der Waals surface area contributed by atoms with Gasteiger partial charge in [-0.1, -0.05) is 106 Å². The van der Waals surface area contributed by atoms with Crippen LogP contribution in [0.2, 0.25) is 0 Å². The molecule has 0 atom stereocenters. The van der Waals surface area contributed by atoms with Crippen molar-refractivity contribution < 1.29 is 4.42 Å². The zero-order valence-corrected chi connectivity index (χ0v) is 27.3. The van der Waals surface area contributed by atoms with Crippen LogP contribution in [0.3, 0.4) is 0 Å². The first kappa shape index (κ1) is 28.9. The predicted molar refractivity (Wildman–Crippen MR) is 193 cm³/mol. The number of hydrogen-bond donors (Lipinski definition) is 0. The summed E-state index contributed by atoms with van der Waals surface area (Å²) in [5, 5.41) is 2.13. The molecule has 0 aliphatic heterocycles. The van der Waals surface area contributed by atoms with E-state index in [0.29, 0.717) is 5.65 Å². The number of benzene rings is 5. The van der Waals surface area contributed by atoms with E-state index >= 15 is 0 Å². The minimum absolute atomic E-state index is 0.246. The topological polar surface area (TPSA) is 56.7 Å². The maximum atomic E-state index is 6.75. The van der Waals surface area contributed by atoms with Crippen molar-refractivity contribution in [3.63, 3.8) is 0 Å². The fraction of sp³-hybridized carbons (Fsp3) is 0.167. The summed E-state index contributed by atoms with van der Waals surface area (Å²) < 4.78 is 8.97. The lowest BCUT2D eigenvalue weighted by atomic mass is 9.88. The third kappa shape index (κ3) is 4.90. The highest BCUT2D eigenvalue weighted by Crippen LogP contribution is 2.42. The summed E-state index contributed by atoms with van der Waals surface area (Å²) in [5.74, 6) is 1.26. The van der Waals surface area contributed by atoms with E-state index in [1.165, 1.54) is 33.4 Å². The van der Waals surface area contributed by atoms with Gasteiger partial charge in [0.1, 0.15) is 11.2 Å². The van der Waals surface area contributed by atoms with Crippen LogP contribution in [0.4, 0.5) is 0 Å². The highest BCUT2D eigenvalue weighted by Gasteiger charge is 2.26. The van der Waals surface area contributed by atoms with E-state index in [4.69, 9.17) is 14.4 Å². The molecule has 0 saturated carbocycles. The van der Waals surface area contributed by atoms with Crippen molar-refractivity contribution >= 4 is 33.2 Å². The van der Waals surface area contributed by atoms with Gasteiger partial charge >= 0.3 is 0 Å². The minimum atomic E-state index is 0.246. The molecular weight excluding hydrogens is 576 g/mol. The lowest BCUT2D eigenvalue weighted by Crippen LogP contribution is -2.10. The quantitative estimate of drug-likeness (QED) is 0.187. The van der Waals surface area contributed by atoms with Crippen molar-refractivity contribution in [1.29, 1.82) is 0 Å². The molecule has 0 fully saturated rings. The highest BCUT2D eigenvalue weighted by atomic mass is 16.3. The predicted octanol–water partition coefficient (Wildman–Crippen LogP) is 11.3. The fourth-order valence-corrected chi connectivity index (χ4v) is 6.72. The summed E-state index contributed by atoms with van der Waals surface area (Å²) in [5.41, 5.74) is 13.4. The molecule has 0 radical (unpaired) electrons. The zero-order valence-electron chi connectivity index (χ0n) is 27.3. The van der Waals surface area contributed by atoms with Gasteiger partial charge in [0.15, 0.2) is 17.1 Å². The maximum absolute atomic E-state index is 6.75. The van der Waals surface area contributed by atoms with Crippen molar-refractivity contribution in [1.82, 2.24) is 19.5 Å².